The Balaban J connectivity index is 1.01. The average Bonchev–Trinajstić information content (AvgIpc) is 3.52. The van der Waals surface area contributed by atoms with E-state index in [0.29, 0.717) is 12.2 Å². The van der Waals surface area contributed by atoms with Crippen LogP contribution < -0.4 is 5.73 Å². The van der Waals surface area contributed by atoms with Crippen LogP contribution in [0.2, 0.25) is 0 Å². The van der Waals surface area contributed by atoms with Gasteiger partial charge in [0.1, 0.15) is 0 Å². The molecule has 0 saturated carbocycles. The molecular weight excluding hydrogens is 715 g/mol. The van der Waals surface area contributed by atoms with Crippen molar-refractivity contribution in [1.29, 1.82) is 0 Å². The van der Waals surface area contributed by atoms with E-state index < -0.39 is 0 Å². The zero-order valence-electron chi connectivity index (χ0n) is 33.2. The molecule has 10 rings (SSSR count). The Kier molecular flexibility index (Phi) is 9.07. The minimum Gasteiger partial charge on any atom is -0.398 e. The van der Waals surface area contributed by atoms with Crippen LogP contribution in [0.3, 0.4) is 0 Å². The molecule has 3 nitrogen and oxygen atoms in total. The van der Waals surface area contributed by atoms with Gasteiger partial charge in [-0.2, -0.15) is 0 Å². The molecule has 0 radical (unpaired) electrons. The van der Waals surface area contributed by atoms with Crippen molar-refractivity contribution >= 4 is 33.0 Å². The smallest absolute Gasteiger partial charge is 0.0671 e. The first-order valence-electron chi connectivity index (χ1n) is 20.3. The molecule has 0 amide bonds. The number of hydrogen-bond donors (Lipinski definition) is 1. The van der Waals surface area contributed by atoms with E-state index in [1.54, 1.807) is 6.20 Å². The molecule has 0 spiro atoms. The highest BCUT2D eigenvalue weighted by molar-refractivity contribution is 6.14. The fourth-order valence-electron chi connectivity index (χ4n) is 9.03. The quantitative estimate of drug-likeness (QED) is 0.157. The number of fused-ring (bicyclic) bond motifs is 5. The number of aliphatic imine (C=N–C) groups is 1. The molecule has 1 heterocycles. The van der Waals surface area contributed by atoms with E-state index >= 15 is 0 Å². The monoisotopic (exact) mass is 757 g/mol. The standard InChI is InChI=1S/C56H43N3/c1-56(2)52-33-42-16-7-6-15-41(42)32-51(52)50-23-11-22-46(55(50)56)39-26-24-38(25-27-39)45-28-29-49(48-21-9-8-20-47(45)48)53(57)34-54(59-35-37-13-4-3-5-14-37)43-18-10-17-40(31-43)44-19-12-30-58-36-44/h3-34,36H,35,57H2,1-2H3/b53-34-,59-54?. The first kappa shape index (κ1) is 36.0. The van der Waals surface area contributed by atoms with E-state index in [0.717, 1.165) is 49.9 Å². The topological polar surface area (TPSA) is 51.3 Å². The van der Waals surface area contributed by atoms with E-state index in [9.17, 15) is 0 Å². The second kappa shape index (κ2) is 14.9. The van der Waals surface area contributed by atoms with Crippen LogP contribution in [0.5, 0.6) is 0 Å². The predicted octanol–water partition coefficient (Wildman–Crippen LogP) is 13.7. The SMILES string of the molecule is CC1(C)c2cc3ccccc3cc2-c2cccc(-c3ccc(-c4ccc(/C(N)=C/C(=NCc5ccccc5)c5cccc(-c6cccnc6)c5)c5ccccc45)cc3)c21. The molecule has 2 N–H and O–H groups in total. The summed E-state index contributed by atoms with van der Waals surface area (Å²) < 4.78 is 0. The van der Waals surface area contributed by atoms with Crippen LogP contribution >= 0.6 is 0 Å². The minimum atomic E-state index is -0.127. The normalized spacial score (nSPS) is 13.4. The lowest BCUT2D eigenvalue weighted by atomic mass is 9.78. The van der Waals surface area contributed by atoms with Gasteiger partial charge in [0.05, 0.1) is 12.3 Å². The van der Waals surface area contributed by atoms with Gasteiger partial charge in [0.15, 0.2) is 0 Å². The number of pyridine rings is 1. The lowest BCUT2D eigenvalue weighted by Crippen LogP contribution is -2.16. The molecule has 9 aromatic rings. The molecule has 0 saturated heterocycles. The zero-order chi connectivity index (χ0) is 39.9. The van der Waals surface area contributed by atoms with Gasteiger partial charge in [0.25, 0.3) is 0 Å². The van der Waals surface area contributed by atoms with Crippen LogP contribution in [0, 0.1) is 0 Å². The third-order valence-electron chi connectivity index (χ3n) is 12.0. The van der Waals surface area contributed by atoms with E-state index in [2.05, 4.69) is 177 Å². The van der Waals surface area contributed by atoms with Crippen LogP contribution in [-0.2, 0) is 12.0 Å². The molecule has 1 aliphatic rings. The van der Waals surface area contributed by atoms with Gasteiger partial charge >= 0.3 is 0 Å². The van der Waals surface area contributed by atoms with Crippen molar-refractivity contribution < 1.29 is 0 Å². The third-order valence-corrected chi connectivity index (χ3v) is 12.0. The predicted molar refractivity (Wildman–Crippen MR) is 248 cm³/mol. The number of rotatable bonds is 8. The maximum atomic E-state index is 7.09. The minimum absolute atomic E-state index is 0.127. The third kappa shape index (κ3) is 6.61. The molecule has 1 aromatic heterocycles. The van der Waals surface area contributed by atoms with Crippen molar-refractivity contribution in [1.82, 2.24) is 4.98 Å². The fraction of sp³-hybridized carbons (Fsp3) is 0.0714. The Morgan fingerprint density at radius 3 is 2.02 bits per heavy atom. The first-order chi connectivity index (χ1) is 28.9. The number of aromatic nitrogens is 1. The lowest BCUT2D eigenvalue weighted by molar-refractivity contribution is 0.663. The van der Waals surface area contributed by atoms with Gasteiger partial charge in [-0.25, -0.2) is 0 Å². The molecule has 0 fully saturated rings. The Morgan fingerprint density at radius 2 is 1.24 bits per heavy atom. The van der Waals surface area contributed by atoms with E-state index in [4.69, 9.17) is 10.7 Å². The maximum Gasteiger partial charge on any atom is 0.0671 e. The highest BCUT2D eigenvalue weighted by atomic mass is 14.7. The highest BCUT2D eigenvalue weighted by Crippen LogP contribution is 2.53. The Labute approximate surface area is 345 Å². The number of allylic oxidation sites excluding steroid dienone is 1. The van der Waals surface area contributed by atoms with Crippen LogP contribution in [0.15, 0.2) is 205 Å². The van der Waals surface area contributed by atoms with Crippen molar-refractivity contribution in [3.05, 3.63) is 228 Å². The zero-order valence-corrected chi connectivity index (χ0v) is 33.2. The lowest BCUT2D eigenvalue weighted by Gasteiger charge is -2.25. The molecular formula is C56H43N3. The average molecular weight is 758 g/mol. The van der Waals surface area contributed by atoms with E-state index in [1.807, 2.05) is 36.5 Å². The first-order valence-corrected chi connectivity index (χ1v) is 20.3. The number of nitrogens with zero attached hydrogens (tertiary/aromatic N) is 2. The van der Waals surface area contributed by atoms with Crippen molar-refractivity contribution in [2.45, 2.75) is 25.8 Å². The van der Waals surface area contributed by atoms with Gasteiger partial charge in [-0.15, -0.1) is 0 Å². The van der Waals surface area contributed by atoms with Crippen molar-refractivity contribution in [3.63, 3.8) is 0 Å². The molecule has 3 heteroatoms. The Bertz CT molecular complexity index is 3080. The molecule has 0 atom stereocenters. The number of hydrogen-bond acceptors (Lipinski definition) is 3. The second-order valence-corrected chi connectivity index (χ2v) is 16.0. The summed E-state index contributed by atoms with van der Waals surface area (Å²) in [5.41, 5.74) is 24.0. The summed E-state index contributed by atoms with van der Waals surface area (Å²) in [7, 11) is 0. The molecule has 0 bridgehead atoms. The molecule has 0 unspecified atom stereocenters. The Hall–Kier alpha value is -7.36. The van der Waals surface area contributed by atoms with Crippen LogP contribution in [0.1, 0.15) is 41.7 Å². The molecule has 282 valence electrons. The highest BCUT2D eigenvalue weighted by Gasteiger charge is 2.37. The van der Waals surface area contributed by atoms with Gasteiger partial charge < -0.3 is 5.73 Å². The summed E-state index contributed by atoms with van der Waals surface area (Å²) in [5, 5.41) is 4.82. The molecule has 0 aliphatic heterocycles. The summed E-state index contributed by atoms with van der Waals surface area (Å²) in [6, 6.07) is 65.1. The van der Waals surface area contributed by atoms with Gasteiger partial charge in [0, 0.05) is 40.2 Å². The second-order valence-electron chi connectivity index (χ2n) is 16.0. The van der Waals surface area contributed by atoms with Gasteiger partial charge in [-0.3, -0.25) is 9.98 Å². The van der Waals surface area contributed by atoms with Crippen LogP contribution in [0.4, 0.5) is 0 Å². The summed E-state index contributed by atoms with van der Waals surface area (Å²) in [6.07, 6.45) is 5.72. The van der Waals surface area contributed by atoms with Crippen molar-refractivity contribution in [2.24, 2.45) is 10.7 Å². The summed E-state index contributed by atoms with van der Waals surface area (Å²) in [5.74, 6) is 0. The Morgan fingerprint density at radius 1 is 0.559 bits per heavy atom. The maximum absolute atomic E-state index is 7.09. The van der Waals surface area contributed by atoms with Gasteiger partial charge in [-0.1, -0.05) is 172 Å². The fourth-order valence-corrected chi connectivity index (χ4v) is 9.03. The number of nitrogens with two attached hydrogens (primary N) is 1. The van der Waals surface area contributed by atoms with E-state index in [1.165, 1.54) is 49.7 Å². The van der Waals surface area contributed by atoms with Crippen LogP contribution in [0.25, 0.3) is 71.7 Å². The molecule has 1 aliphatic carbocycles. The van der Waals surface area contributed by atoms with Crippen molar-refractivity contribution in [2.75, 3.05) is 0 Å². The summed E-state index contributed by atoms with van der Waals surface area (Å²) in [6.45, 7) is 5.28. The van der Waals surface area contributed by atoms with E-state index in [-0.39, 0.29) is 5.41 Å². The summed E-state index contributed by atoms with van der Waals surface area (Å²) >= 11 is 0. The van der Waals surface area contributed by atoms with Crippen molar-refractivity contribution in [3.8, 4) is 44.5 Å². The largest absolute Gasteiger partial charge is 0.398 e. The van der Waals surface area contributed by atoms with Gasteiger partial charge in [-0.05, 0) is 108 Å². The molecule has 59 heavy (non-hydrogen) atoms. The van der Waals surface area contributed by atoms with Crippen LogP contribution in [-0.4, -0.2) is 10.7 Å². The molecule has 8 aromatic carbocycles. The summed E-state index contributed by atoms with van der Waals surface area (Å²) in [4.78, 5) is 9.49. The van der Waals surface area contributed by atoms with Gasteiger partial charge in [0.2, 0.25) is 0 Å². The number of benzene rings is 8.